The average Bonchev–Trinajstić information content (AvgIpc) is 2.98. The van der Waals surface area contributed by atoms with Crippen molar-refractivity contribution in [3.63, 3.8) is 0 Å². The molecule has 1 heterocycles. The van der Waals surface area contributed by atoms with Crippen LogP contribution >= 0.6 is 0 Å². The molecule has 5 heteroatoms. The van der Waals surface area contributed by atoms with E-state index in [4.69, 9.17) is 9.47 Å². The molecule has 0 atom stereocenters. The normalized spacial score (nSPS) is 10.6. The van der Waals surface area contributed by atoms with Crippen LogP contribution in [0.3, 0.4) is 0 Å². The van der Waals surface area contributed by atoms with Crippen LogP contribution in [0.5, 0.6) is 11.5 Å². The number of nitrogens with zero attached hydrogens (tertiary/aromatic N) is 2. The van der Waals surface area contributed by atoms with Gasteiger partial charge in [0.1, 0.15) is 11.5 Å². The third-order valence-electron chi connectivity index (χ3n) is 3.89. The fourth-order valence-electron chi connectivity index (χ4n) is 2.72. The zero-order valence-electron chi connectivity index (χ0n) is 14.0. The molecule has 0 amide bonds. The summed E-state index contributed by atoms with van der Waals surface area (Å²) >= 11 is 0. The van der Waals surface area contributed by atoms with E-state index in [0.29, 0.717) is 13.1 Å². The van der Waals surface area contributed by atoms with Crippen LogP contribution in [0.2, 0.25) is 0 Å². The zero-order chi connectivity index (χ0) is 16.9. The standard InChI is InChI=1S/C19H21N3O2/c1-4-11-22-17-8-6-5-7-16(17)21-19(22)20-13-14-12-15(23-2)9-10-18(14)24-3/h4-10,12H,1,11,13H2,2-3H3,(H,20,21). The van der Waals surface area contributed by atoms with Crippen LogP contribution in [0.1, 0.15) is 5.56 Å². The van der Waals surface area contributed by atoms with E-state index >= 15 is 0 Å². The molecule has 3 rings (SSSR count). The van der Waals surface area contributed by atoms with Crippen molar-refractivity contribution in [3.8, 4) is 11.5 Å². The molecule has 0 unspecified atom stereocenters. The van der Waals surface area contributed by atoms with Gasteiger partial charge in [-0.3, -0.25) is 0 Å². The van der Waals surface area contributed by atoms with E-state index in [0.717, 1.165) is 34.0 Å². The highest BCUT2D eigenvalue weighted by Crippen LogP contribution is 2.26. The van der Waals surface area contributed by atoms with Gasteiger partial charge in [0.25, 0.3) is 0 Å². The van der Waals surface area contributed by atoms with Crippen LogP contribution in [0.15, 0.2) is 55.1 Å². The monoisotopic (exact) mass is 323 g/mol. The lowest BCUT2D eigenvalue weighted by atomic mass is 10.2. The number of para-hydroxylation sites is 2. The number of fused-ring (bicyclic) bond motifs is 1. The minimum Gasteiger partial charge on any atom is -0.497 e. The summed E-state index contributed by atoms with van der Waals surface area (Å²) in [5.74, 6) is 2.42. The van der Waals surface area contributed by atoms with Crippen molar-refractivity contribution in [1.82, 2.24) is 9.55 Å². The number of ether oxygens (including phenoxy) is 2. The maximum atomic E-state index is 5.43. The van der Waals surface area contributed by atoms with Gasteiger partial charge in [-0.25, -0.2) is 4.98 Å². The highest BCUT2D eigenvalue weighted by atomic mass is 16.5. The van der Waals surface area contributed by atoms with Gasteiger partial charge in [0.15, 0.2) is 0 Å². The molecule has 124 valence electrons. The smallest absolute Gasteiger partial charge is 0.204 e. The number of rotatable bonds is 7. The van der Waals surface area contributed by atoms with Crippen molar-refractivity contribution in [2.75, 3.05) is 19.5 Å². The predicted octanol–water partition coefficient (Wildman–Crippen LogP) is 3.85. The van der Waals surface area contributed by atoms with E-state index in [1.807, 2.05) is 42.5 Å². The number of aromatic nitrogens is 2. The van der Waals surface area contributed by atoms with Gasteiger partial charge >= 0.3 is 0 Å². The summed E-state index contributed by atoms with van der Waals surface area (Å²) in [5.41, 5.74) is 3.05. The van der Waals surface area contributed by atoms with Gasteiger partial charge in [0, 0.05) is 18.7 Å². The summed E-state index contributed by atoms with van der Waals surface area (Å²) in [6, 6.07) is 13.8. The summed E-state index contributed by atoms with van der Waals surface area (Å²) in [5, 5.41) is 3.40. The van der Waals surface area contributed by atoms with Gasteiger partial charge in [-0.05, 0) is 30.3 Å². The second-order valence-corrected chi connectivity index (χ2v) is 5.35. The zero-order valence-corrected chi connectivity index (χ0v) is 14.0. The second-order valence-electron chi connectivity index (χ2n) is 5.35. The third-order valence-corrected chi connectivity index (χ3v) is 3.89. The number of nitrogens with one attached hydrogen (secondary N) is 1. The first-order valence-electron chi connectivity index (χ1n) is 7.77. The molecule has 1 N–H and O–H groups in total. The van der Waals surface area contributed by atoms with E-state index in [1.54, 1.807) is 14.2 Å². The Hall–Kier alpha value is -2.95. The topological polar surface area (TPSA) is 48.3 Å². The molecule has 0 aliphatic heterocycles. The minimum atomic E-state index is 0.584. The van der Waals surface area contributed by atoms with Gasteiger partial charge in [0.2, 0.25) is 5.95 Å². The SMILES string of the molecule is C=CCn1c(NCc2cc(OC)ccc2OC)nc2ccccc21. The number of benzene rings is 2. The van der Waals surface area contributed by atoms with Gasteiger partial charge in [-0.1, -0.05) is 18.2 Å². The Morgan fingerprint density at radius 1 is 1.17 bits per heavy atom. The van der Waals surface area contributed by atoms with Crippen LogP contribution in [-0.4, -0.2) is 23.8 Å². The molecule has 24 heavy (non-hydrogen) atoms. The number of anilines is 1. The van der Waals surface area contributed by atoms with Crippen molar-refractivity contribution in [3.05, 3.63) is 60.7 Å². The van der Waals surface area contributed by atoms with Crippen molar-refractivity contribution in [2.24, 2.45) is 0 Å². The molecule has 0 spiro atoms. The summed E-state index contributed by atoms with van der Waals surface area (Å²) in [6.07, 6.45) is 1.87. The first-order chi connectivity index (χ1) is 11.8. The number of hydrogen-bond acceptors (Lipinski definition) is 4. The Morgan fingerprint density at radius 2 is 2.00 bits per heavy atom. The molecule has 3 aromatic rings. The van der Waals surface area contributed by atoms with Crippen LogP contribution in [-0.2, 0) is 13.1 Å². The van der Waals surface area contributed by atoms with E-state index in [1.165, 1.54) is 0 Å². The lowest BCUT2D eigenvalue weighted by Gasteiger charge is -2.13. The van der Waals surface area contributed by atoms with Gasteiger partial charge in [0.05, 0.1) is 25.3 Å². The Labute approximate surface area is 141 Å². The van der Waals surface area contributed by atoms with Gasteiger partial charge in [-0.15, -0.1) is 6.58 Å². The lowest BCUT2D eigenvalue weighted by Crippen LogP contribution is -2.08. The highest BCUT2D eigenvalue weighted by molar-refractivity contribution is 5.78. The van der Waals surface area contributed by atoms with Gasteiger partial charge < -0.3 is 19.4 Å². The lowest BCUT2D eigenvalue weighted by molar-refractivity contribution is 0.399. The Bertz CT molecular complexity index is 855. The third kappa shape index (κ3) is 3.06. The van der Waals surface area contributed by atoms with Crippen LogP contribution in [0.25, 0.3) is 11.0 Å². The van der Waals surface area contributed by atoms with Crippen molar-refractivity contribution in [1.29, 1.82) is 0 Å². The molecular weight excluding hydrogens is 302 g/mol. The number of imidazole rings is 1. The van der Waals surface area contributed by atoms with Crippen LogP contribution in [0, 0.1) is 0 Å². The Morgan fingerprint density at radius 3 is 2.75 bits per heavy atom. The minimum absolute atomic E-state index is 0.584. The summed E-state index contributed by atoms with van der Waals surface area (Å²) in [4.78, 5) is 4.68. The predicted molar refractivity (Wildman–Crippen MR) is 96.8 cm³/mol. The molecule has 0 aliphatic carbocycles. The molecule has 2 aromatic carbocycles. The van der Waals surface area contributed by atoms with Crippen molar-refractivity contribution < 1.29 is 9.47 Å². The summed E-state index contributed by atoms with van der Waals surface area (Å²) < 4.78 is 12.8. The van der Waals surface area contributed by atoms with Crippen molar-refractivity contribution in [2.45, 2.75) is 13.1 Å². The fourth-order valence-corrected chi connectivity index (χ4v) is 2.72. The molecular formula is C19H21N3O2. The summed E-state index contributed by atoms with van der Waals surface area (Å²) in [6.45, 7) is 5.12. The molecule has 1 aromatic heterocycles. The average molecular weight is 323 g/mol. The number of methoxy groups -OCH3 is 2. The molecule has 0 fully saturated rings. The maximum Gasteiger partial charge on any atom is 0.204 e. The molecule has 0 aliphatic rings. The van der Waals surface area contributed by atoms with Crippen LogP contribution in [0.4, 0.5) is 5.95 Å². The number of hydrogen-bond donors (Lipinski definition) is 1. The second kappa shape index (κ2) is 7.08. The quantitative estimate of drug-likeness (QED) is 0.671. The van der Waals surface area contributed by atoms with E-state index in [2.05, 4.69) is 27.5 Å². The molecule has 0 radical (unpaired) electrons. The van der Waals surface area contributed by atoms with E-state index in [9.17, 15) is 0 Å². The largest absolute Gasteiger partial charge is 0.497 e. The number of allylic oxidation sites excluding steroid dienone is 1. The fraction of sp³-hybridized carbons (Fsp3) is 0.211. The van der Waals surface area contributed by atoms with E-state index < -0.39 is 0 Å². The molecule has 5 nitrogen and oxygen atoms in total. The van der Waals surface area contributed by atoms with E-state index in [-0.39, 0.29) is 0 Å². The Kier molecular flexibility index (Phi) is 4.70. The van der Waals surface area contributed by atoms with Crippen LogP contribution < -0.4 is 14.8 Å². The van der Waals surface area contributed by atoms with Crippen molar-refractivity contribution >= 4 is 17.0 Å². The van der Waals surface area contributed by atoms with Gasteiger partial charge in [-0.2, -0.15) is 0 Å². The Balaban J connectivity index is 1.90. The molecule has 0 saturated carbocycles. The summed E-state index contributed by atoms with van der Waals surface area (Å²) in [7, 11) is 3.32. The highest BCUT2D eigenvalue weighted by Gasteiger charge is 2.11. The maximum absolute atomic E-state index is 5.43. The molecule has 0 bridgehead atoms. The molecule has 0 saturated heterocycles. The first kappa shape index (κ1) is 15.9. The first-order valence-corrected chi connectivity index (χ1v) is 7.77.